The van der Waals surface area contributed by atoms with E-state index in [1.54, 1.807) is 18.2 Å². The van der Waals surface area contributed by atoms with Gasteiger partial charge in [-0.3, -0.25) is 4.79 Å². The van der Waals surface area contributed by atoms with E-state index < -0.39 is 6.10 Å². The van der Waals surface area contributed by atoms with E-state index in [2.05, 4.69) is 10.6 Å². The molecule has 122 valence electrons. The topological polar surface area (TPSA) is 61.4 Å². The highest BCUT2D eigenvalue weighted by Crippen LogP contribution is 2.21. The molecule has 0 radical (unpaired) electrons. The van der Waals surface area contributed by atoms with Crippen molar-refractivity contribution in [1.82, 2.24) is 0 Å². The number of aliphatic hydroxyl groups excluding tert-OH is 1. The molecule has 0 aliphatic carbocycles. The molecule has 2 aromatic rings. The smallest absolute Gasteiger partial charge is 0.255 e. The van der Waals surface area contributed by atoms with Crippen molar-refractivity contribution in [2.24, 2.45) is 0 Å². The minimum absolute atomic E-state index is 0.163. The monoisotopic (exact) mass is 332 g/mol. The summed E-state index contributed by atoms with van der Waals surface area (Å²) in [6.07, 6.45) is -0.622. The van der Waals surface area contributed by atoms with Crippen LogP contribution >= 0.6 is 11.6 Å². The molecule has 0 aliphatic heterocycles. The highest BCUT2D eigenvalue weighted by molar-refractivity contribution is 6.18. The number of hydrogen-bond acceptors (Lipinski definition) is 3. The molecule has 0 saturated heterocycles. The minimum Gasteiger partial charge on any atom is -0.390 e. The van der Waals surface area contributed by atoms with E-state index in [1.165, 1.54) is 0 Å². The lowest BCUT2D eigenvalue weighted by Gasteiger charge is -2.13. The Kier molecular flexibility index (Phi) is 6.02. The molecular formula is C18H21ClN2O2. The van der Waals surface area contributed by atoms with Crippen LogP contribution in [0.25, 0.3) is 0 Å². The Morgan fingerprint density at radius 3 is 2.48 bits per heavy atom. The third kappa shape index (κ3) is 4.71. The van der Waals surface area contributed by atoms with Crippen LogP contribution in [0.15, 0.2) is 42.5 Å². The van der Waals surface area contributed by atoms with E-state index in [0.717, 1.165) is 22.5 Å². The van der Waals surface area contributed by atoms with Gasteiger partial charge in [0.2, 0.25) is 0 Å². The number of carbonyl (C=O) groups is 1. The van der Waals surface area contributed by atoms with Gasteiger partial charge in [0.1, 0.15) is 0 Å². The Morgan fingerprint density at radius 2 is 1.83 bits per heavy atom. The number of alkyl halides is 1. The van der Waals surface area contributed by atoms with Gasteiger partial charge in [0, 0.05) is 23.5 Å². The molecule has 1 atom stereocenters. The summed E-state index contributed by atoms with van der Waals surface area (Å²) in [7, 11) is 0. The van der Waals surface area contributed by atoms with Gasteiger partial charge in [-0.25, -0.2) is 0 Å². The molecule has 0 spiro atoms. The van der Waals surface area contributed by atoms with Crippen molar-refractivity contribution in [3.63, 3.8) is 0 Å². The average molecular weight is 333 g/mol. The van der Waals surface area contributed by atoms with Crippen LogP contribution in [0, 0.1) is 13.8 Å². The first-order valence-electron chi connectivity index (χ1n) is 7.47. The van der Waals surface area contributed by atoms with Crippen LogP contribution in [-0.2, 0) is 0 Å². The number of nitrogens with one attached hydrogen (secondary N) is 2. The number of rotatable bonds is 6. The third-order valence-electron chi connectivity index (χ3n) is 3.56. The van der Waals surface area contributed by atoms with E-state index in [0.29, 0.717) is 12.1 Å². The molecule has 0 bridgehead atoms. The summed E-state index contributed by atoms with van der Waals surface area (Å²) in [5.41, 5.74) is 4.21. The fraction of sp³-hybridized carbons (Fsp3) is 0.278. The molecule has 5 heteroatoms. The van der Waals surface area contributed by atoms with E-state index in [4.69, 9.17) is 11.6 Å². The number of carbonyl (C=O) groups excluding carboxylic acids is 1. The predicted octanol–water partition coefficient (Wildman–Crippen LogP) is 3.57. The third-order valence-corrected chi connectivity index (χ3v) is 3.92. The van der Waals surface area contributed by atoms with Gasteiger partial charge in [-0.15, -0.1) is 11.6 Å². The SMILES string of the molecule is Cc1cccc(C)c1NC(=O)c1cccc(NCC(O)CCl)c1. The van der Waals surface area contributed by atoms with Gasteiger partial charge in [-0.05, 0) is 43.2 Å². The first-order valence-corrected chi connectivity index (χ1v) is 8.00. The van der Waals surface area contributed by atoms with Gasteiger partial charge in [0.05, 0.1) is 12.0 Å². The van der Waals surface area contributed by atoms with Crippen molar-refractivity contribution in [2.45, 2.75) is 20.0 Å². The largest absolute Gasteiger partial charge is 0.390 e. The summed E-state index contributed by atoms with van der Waals surface area (Å²) < 4.78 is 0. The molecule has 0 heterocycles. The molecule has 2 rings (SSSR count). The van der Waals surface area contributed by atoms with Gasteiger partial charge < -0.3 is 15.7 Å². The van der Waals surface area contributed by atoms with E-state index in [-0.39, 0.29) is 11.8 Å². The van der Waals surface area contributed by atoms with Crippen LogP contribution in [0.3, 0.4) is 0 Å². The summed E-state index contributed by atoms with van der Waals surface area (Å²) in [6.45, 7) is 4.27. The van der Waals surface area contributed by atoms with Crippen LogP contribution in [0.2, 0.25) is 0 Å². The minimum atomic E-state index is -0.622. The van der Waals surface area contributed by atoms with Crippen LogP contribution < -0.4 is 10.6 Å². The van der Waals surface area contributed by atoms with Crippen molar-refractivity contribution >= 4 is 28.9 Å². The number of aryl methyl sites for hydroxylation is 2. The average Bonchev–Trinajstić information content (AvgIpc) is 2.56. The van der Waals surface area contributed by atoms with Gasteiger partial charge in [-0.2, -0.15) is 0 Å². The van der Waals surface area contributed by atoms with Crippen molar-refractivity contribution in [1.29, 1.82) is 0 Å². The fourth-order valence-electron chi connectivity index (χ4n) is 2.26. The van der Waals surface area contributed by atoms with Crippen molar-refractivity contribution in [3.05, 3.63) is 59.2 Å². The Hall–Kier alpha value is -2.04. The number of anilines is 2. The van der Waals surface area contributed by atoms with Crippen LogP contribution in [0.4, 0.5) is 11.4 Å². The molecule has 0 aromatic heterocycles. The molecule has 3 N–H and O–H groups in total. The Bertz CT molecular complexity index is 668. The standard InChI is InChI=1S/C18H21ClN2O2/c1-12-5-3-6-13(2)17(12)21-18(23)14-7-4-8-15(9-14)20-11-16(22)10-19/h3-9,16,20,22H,10-11H2,1-2H3,(H,21,23). The molecule has 4 nitrogen and oxygen atoms in total. The van der Waals surface area contributed by atoms with Crippen molar-refractivity contribution in [2.75, 3.05) is 23.1 Å². The predicted molar refractivity (Wildman–Crippen MR) is 95.5 cm³/mol. The number of hydrogen-bond donors (Lipinski definition) is 3. The number of para-hydroxylation sites is 1. The summed E-state index contributed by atoms with van der Waals surface area (Å²) in [6, 6.07) is 13.1. The zero-order valence-corrected chi connectivity index (χ0v) is 14.0. The Labute approximate surface area is 141 Å². The van der Waals surface area contributed by atoms with E-state index in [1.807, 2.05) is 38.1 Å². The Morgan fingerprint density at radius 1 is 1.17 bits per heavy atom. The zero-order chi connectivity index (χ0) is 16.8. The number of benzene rings is 2. The maximum atomic E-state index is 12.5. The van der Waals surface area contributed by atoms with Crippen molar-refractivity contribution in [3.8, 4) is 0 Å². The lowest BCUT2D eigenvalue weighted by atomic mass is 10.1. The lowest BCUT2D eigenvalue weighted by Crippen LogP contribution is -2.21. The molecule has 0 saturated carbocycles. The van der Waals surface area contributed by atoms with Crippen LogP contribution in [0.5, 0.6) is 0 Å². The summed E-state index contributed by atoms with van der Waals surface area (Å²) in [5.74, 6) is 0.00339. The summed E-state index contributed by atoms with van der Waals surface area (Å²) in [4.78, 5) is 12.5. The molecule has 1 unspecified atom stereocenters. The second-order valence-corrected chi connectivity index (χ2v) is 5.80. The zero-order valence-electron chi connectivity index (χ0n) is 13.3. The molecule has 0 fully saturated rings. The van der Waals surface area contributed by atoms with Gasteiger partial charge in [0.25, 0.3) is 5.91 Å². The molecule has 2 aromatic carbocycles. The second-order valence-electron chi connectivity index (χ2n) is 5.49. The highest BCUT2D eigenvalue weighted by atomic mass is 35.5. The fourth-order valence-corrected chi connectivity index (χ4v) is 2.37. The number of halogens is 1. The normalized spacial score (nSPS) is 11.8. The van der Waals surface area contributed by atoms with E-state index >= 15 is 0 Å². The van der Waals surface area contributed by atoms with E-state index in [9.17, 15) is 9.90 Å². The van der Waals surface area contributed by atoms with Crippen molar-refractivity contribution < 1.29 is 9.90 Å². The number of aliphatic hydroxyl groups is 1. The molecule has 23 heavy (non-hydrogen) atoms. The summed E-state index contributed by atoms with van der Waals surface area (Å²) >= 11 is 5.57. The maximum Gasteiger partial charge on any atom is 0.255 e. The van der Waals surface area contributed by atoms with Crippen LogP contribution in [0.1, 0.15) is 21.5 Å². The summed E-state index contributed by atoms with van der Waals surface area (Å²) in [5, 5.41) is 15.5. The van der Waals surface area contributed by atoms with Crippen LogP contribution in [-0.4, -0.2) is 29.5 Å². The lowest BCUT2D eigenvalue weighted by molar-refractivity contribution is 0.102. The molecule has 0 aliphatic rings. The molecular weight excluding hydrogens is 312 g/mol. The first kappa shape index (κ1) is 17.3. The molecule has 1 amide bonds. The first-order chi connectivity index (χ1) is 11.0. The quantitative estimate of drug-likeness (QED) is 0.709. The Balaban J connectivity index is 2.11. The number of amides is 1. The highest BCUT2D eigenvalue weighted by Gasteiger charge is 2.10. The van der Waals surface area contributed by atoms with Gasteiger partial charge in [-0.1, -0.05) is 24.3 Å². The van der Waals surface area contributed by atoms with Gasteiger partial charge >= 0.3 is 0 Å². The van der Waals surface area contributed by atoms with Gasteiger partial charge in [0.15, 0.2) is 0 Å². The maximum absolute atomic E-state index is 12.5. The second kappa shape index (κ2) is 7.99.